The second kappa shape index (κ2) is 3.27. The average molecular weight is 224 g/mol. The predicted molar refractivity (Wildman–Crippen MR) is 44.4 cm³/mol. The van der Waals surface area contributed by atoms with E-state index in [2.05, 4.69) is 0 Å². The first-order valence-electron chi connectivity index (χ1n) is 3.64. The molecule has 0 saturated heterocycles. The van der Waals surface area contributed by atoms with Gasteiger partial charge in [0, 0.05) is 0 Å². The summed E-state index contributed by atoms with van der Waals surface area (Å²) in [5, 5.41) is 0. The lowest BCUT2D eigenvalue weighted by atomic mass is 10.2. The van der Waals surface area contributed by atoms with Crippen molar-refractivity contribution in [2.75, 3.05) is 0 Å². The Bertz CT molecular complexity index is 434. The van der Waals surface area contributed by atoms with Crippen LogP contribution in [0.15, 0.2) is 29.2 Å². The minimum Gasteiger partial charge on any atom is -0.214 e. The highest BCUT2D eigenvalue weighted by molar-refractivity contribution is 7.92. The van der Waals surface area contributed by atoms with Gasteiger partial charge < -0.3 is 0 Å². The largest absolute Gasteiger partial charge is 0.501 e. The van der Waals surface area contributed by atoms with E-state index in [4.69, 9.17) is 0 Å². The molecule has 78 valence electrons. The summed E-state index contributed by atoms with van der Waals surface area (Å²) in [5.74, 6) is 0. The van der Waals surface area contributed by atoms with Gasteiger partial charge in [0.1, 0.15) is 0 Å². The minimum atomic E-state index is -5.24. The topological polar surface area (TPSA) is 34.1 Å². The van der Waals surface area contributed by atoms with Gasteiger partial charge in [0.2, 0.25) is 0 Å². The van der Waals surface area contributed by atoms with E-state index in [1.165, 1.54) is 25.1 Å². The molecule has 0 aliphatic rings. The maximum absolute atomic E-state index is 12.1. The zero-order valence-corrected chi connectivity index (χ0v) is 7.98. The van der Waals surface area contributed by atoms with Crippen LogP contribution in [-0.4, -0.2) is 13.9 Å². The van der Waals surface area contributed by atoms with Crippen molar-refractivity contribution in [1.82, 2.24) is 0 Å². The van der Waals surface area contributed by atoms with Gasteiger partial charge in [-0.2, -0.15) is 13.2 Å². The minimum absolute atomic E-state index is 0.0878. The van der Waals surface area contributed by atoms with Crippen LogP contribution < -0.4 is 0 Å². The first kappa shape index (κ1) is 11.0. The number of hydrogen-bond acceptors (Lipinski definition) is 2. The average Bonchev–Trinajstić information content (AvgIpc) is 2.02. The van der Waals surface area contributed by atoms with Gasteiger partial charge in [-0.3, -0.25) is 0 Å². The molecule has 0 radical (unpaired) electrons. The number of alkyl halides is 3. The van der Waals surface area contributed by atoms with Crippen LogP contribution in [0.3, 0.4) is 0 Å². The van der Waals surface area contributed by atoms with Crippen molar-refractivity contribution in [3.8, 4) is 0 Å². The molecule has 14 heavy (non-hydrogen) atoms. The Morgan fingerprint density at radius 2 is 1.64 bits per heavy atom. The van der Waals surface area contributed by atoms with Gasteiger partial charge >= 0.3 is 5.51 Å². The molecule has 0 saturated carbocycles. The van der Waals surface area contributed by atoms with Crippen LogP contribution in [-0.2, 0) is 9.84 Å². The summed E-state index contributed by atoms with van der Waals surface area (Å²) in [6, 6.07) is 4.99. The summed E-state index contributed by atoms with van der Waals surface area (Å²) >= 11 is 0. The van der Waals surface area contributed by atoms with Crippen molar-refractivity contribution >= 4 is 9.84 Å². The molecule has 0 fully saturated rings. The van der Waals surface area contributed by atoms with Crippen LogP contribution >= 0.6 is 0 Å². The maximum atomic E-state index is 12.1. The number of sulfone groups is 1. The van der Waals surface area contributed by atoms with Crippen LogP contribution in [0.4, 0.5) is 13.2 Å². The summed E-state index contributed by atoms with van der Waals surface area (Å²) in [4.78, 5) is -0.687. The van der Waals surface area contributed by atoms with Gasteiger partial charge in [0.15, 0.2) is 0 Å². The van der Waals surface area contributed by atoms with Crippen LogP contribution in [0.2, 0.25) is 0 Å². The standard InChI is InChI=1S/C8H7F3O2S/c1-6-4-2-3-5-7(6)14(12,13)8(9,10)11/h2-5H,1H3. The second-order valence-electron chi connectivity index (χ2n) is 2.71. The molecule has 0 atom stereocenters. The van der Waals surface area contributed by atoms with Gasteiger partial charge in [-0.15, -0.1) is 0 Å². The predicted octanol–water partition coefficient (Wildman–Crippen LogP) is 2.29. The van der Waals surface area contributed by atoms with E-state index in [1.54, 1.807) is 0 Å². The van der Waals surface area contributed by atoms with Crippen molar-refractivity contribution in [2.24, 2.45) is 0 Å². The van der Waals surface area contributed by atoms with E-state index < -0.39 is 20.2 Å². The second-order valence-corrected chi connectivity index (χ2v) is 4.62. The fourth-order valence-corrected chi connectivity index (χ4v) is 1.98. The van der Waals surface area contributed by atoms with Crippen molar-refractivity contribution in [3.05, 3.63) is 29.8 Å². The van der Waals surface area contributed by atoms with E-state index in [0.717, 1.165) is 6.07 Å². The van der Waals surface area contributed by atoms with Gasteiger partial charge in [0.25, 0.3) is 9.84 Å². The SMILES string of the molecule is Cc1ccccc1S(=O)(=O)C(F)(F)F. The Morgan fingerprint density at radius 1 is 1.14 bits per heavy atom. The molecular weight excluding hydrogens is 217 g/mol. The molecule has 0 aliphatic carbocycles. The Morgan fingerprint density at radius 3 is 2.07 bits per heavy atom. The zero-order valence-electron chi connectivity index (χ0n) is 7.17. The molecular formula is C8H7F3O2S. The molecule has 2 nitrogen and oxygen atoms in total. The number of hydrogen-bond donors (Lipinski definition) is 0. The summed E-state index contributed by atoms with van der Waals surface area (Å²) in [6.45, 7) is 1.32. The first-order valence-corrected chi connectivity index (χ1v) is 5.12. The molecule has 0 bridgehead atoms. The summed E-state index contributed by atoms with van der Waals surface area (Å²) in [5.41, 5.74) is -5.15. The Hall–Kier alpha value is -1.04. The van der Waals surface area contributed by atoms with Crippen LogP contribution in [0.5, 0.6) is 0 Å². The molecule has 0 heterocycles. The molecule has 0 aromatic heterocycles. The molecule has 0 spiro atoms. The van der Waals surface area contributed by atoms with Crippen LogP contribution in [0, 0.1) is 6.92 Å². The Labute approximate surface area is 79.3 Å². The van der Waals surface area contributed by atoms with E-state index in [-0.39, 0.29) is 5.56 Å². The van der Waals surface area contributed by atoms with Gasteiger partial charge in [-0.25, -0.2) is 8.42 Å². The summed E-state index contributed by atoms with van der Waals surface area (Å²) < 4.78 is 58.2. The fraction of sp³-hybridized carbons (Fsp3) is 0.250. The van der Waals surface area contributed by atoms with E-state index in [0.29, 0.717) is 0 Å². The lowest BCUT2D eigenvalue weighted by Gasteiger charge is -2.09. The quantitative estimate of drug-likeness (QED) is 0.733. The zero-order chi connectivity index (χ0) is 11.0. The van der Waals surface area contributed by atoms with Gasteiger partial charge in [-0.05, 0) is 18.6 Å². The molecule has 1 aromatic carbocycles. The summed E-state index contributed by atoms with van der Waals surface area (Å²) in [7, 11) is -5.21. The van der Waals surface area contributed by atoms with Crippen molar-refractivity contribution in [2.45, 2.75) is 17.3 Å². The third-order valence-corrected chi connectivity index (χ3v) is 3.33. The lowest BCUT2D eigenvalue weighted by molar-refractivity contribution is -0.0436. The Balaban J connectivity index is 3.40. The van der Waals surface area contributed by atoms with Crippen molar-refractivity contribution in [1.29, 1.82) is 0 Å². The smallest absolute Gasteiger partial charge is 0.214 e. The van der Waals surface area contributed by atoms with E-state index >= 15 is 0 Å². The molecule has 6 heteroatoms. The van der Waals surface area contributed by atoms with Crippen molar-refractivity contribution < 1.29 is 21.6 Å². The normalized spacial score (nSPS) is 12.9. The van der Waals surface area contributed by atoms with Crippen LogP contribution in [0.1, 0.15) is 5.56 Å². The van der Waals surface area contributed by atoms with E-state index in [9.17, 15) is 21.6 Å². The fourth-order valence-electron chi connectivity index (χ4n) is 0.983. The maximum Gasteiger partial charge on any atom is 0.501 e. The van der Waals surface area contributed by atoms with Crippen molar-refractivity contribution in [3.63, 3.8) is 0 Å². The third kappa shape index (κ3) is 1.75. The van der Waals surface area contributed by atoms with E-state index in [1.807, 2.05) is 0 Å². The summed E-state index contributed by atoms with van der Waals surface area (Å²) in [6.07, 6.45) is 0. The lowest BCUT2D eigenvalue weighted by Crippen LogP contribution is -2.23. The monoisotopic (exact) mass is 224 g/mol. The number of benzene rings is 1. The highest BCUT2D eigenvalue weighted by Gasteiger charge is 2.47. The van der Waals surface area contributed by atoms with Gasteiger partial charge in [-0.1, -0.05) is 18.2 Å². The third-order valence-electron chi connectivity index (χ3n) is 1.69. The molecule has 0 N–H and O–H groups in total. The molecule has 0 amide bonds. The Kier molecular flexibility index (Phi) is 2.58. The molecule has 1 aromatic rings. The highest BCUT2D eigenvalue weighted by Crippen LogP contribution is 2.31. The molecule has 0 unspecified atom stereocenters. The number of halogens is 3. The first-order chi connectivity index (χ1) is 6.27. The number of aryl methyl sites for hydroxylation is 1. The molecule has 0 aliphatic heterocycles. The number of rotatable bonds is 1. The van der Waals surface area contributed by atoms with Crippen LogP contribution in [0.25, 0.3) is 0 Å². The highest BCUT2D eigenvalue weighted by atomic mass is 32.2. The van der Waals surface area contributed by atoms with Gasteiger partial charge in [0.05, 0.1) is 4.90 Å². The molecule has 1 rings (SSSR count).